The Morgan fingerprint density at radius 1 is 1.40 bits per heavy atom. The molecule has 0 saturated carbocycles. The van der Waals surface area contributed by atoms with Gasteiger partial charge in [-0.3, -0.25) is 0 Å². The van der Waals surface area contributed by atoms with Gasteiger partial charge in [-0.25, -0.2) is 8.78 Å². The molecule has 2 rings (SSSR count). The van der Waals surface area contributed by atoms with E-state index in [1.807, 2.05) is 0 Å². The van der Waals surface area contributed by atoms with Crippen LogP contribution in [0.3, 0.4) is 0 Å². The molecule has 1 aromatic carbocycles. The average molecular weight is 276 g/mol. The summed E-state index contributed by atoms with van der Waals surface area (Å²) in [5, 5.41) is 2.97. The molecule has 1 aromatic rings. The molecule has 1 atom stereocenters. The van der Waals surface area contributed by atoms with E-state index in [0.29, 0.717) is 24.0 Å². The van der Waals surface area contributed by atoms with Gasteiger partial charge in [0.2, 0.25) is 0 Å². The Balaban J connectivity index is 2.27. The first kappa shape index (κ1) is 11.0. The summed E-state index contributed by atoms with van der Waals surface area (Å²) < 4.78 is 28.7. The third-order valence-corrected chi connectivity index (χ3v) is 3.28. The maximum absolute atomic E-state index is 14.0. The van der Waals surface area contributed by atoms with E-state index < -0.39 is 11.8 Å². The van der Waals surface area contributed by atoms with E-state index in [0.717, 1.165) is 0 Å². The molecule has 1 saturated heterocycles. The molecule has 82 valence electrons. The zero-order chi connectivity index (χ0) is 10.9. The number of alkyl halides is 2. The van der Waals surface area contributed by atoms with Crippen molar-refractivity contribution in [3.05, 3.63) is 34.3 Å². The first-order valence-electron chi connectivity index (χ1n) is 4.95. The summed E-state index contributed by atoms with van der Waals surface area (Å²) >= 11 is 3.21. The normalized spacial score (nSPS) is 21.9. The zero-order valence-electron chi connectivity index (χ0n) is 8.14. The van der Waals surface area contributed by atoms with Gasteiger partial charge in [-0.15, -0.1) is 0 Å². The Hall–Kier alpha value is -0.480. The van der Waals surface area contributed by atoms with Crippen molar-refractivity contribution in [1.29, 1.82) is 0 Å². The molecule has 4 heteroatoms. The van der Waals surface area contributed by atoms with Crippen LogP contribution in [0.15, 0.2) is 28.7 Å². The van der Waals surface area contributed by atoms with Crippen LogP contribution in [0.25, 0.3) is 0 Å². The molecule has 1 N–H and O–H groups in total. The van der Waals surface area contributed by atoms with E-state index in [-0.39, 0.29) is 5.56 Å². The molecule has 1 nitrogen and oxygen atoms in total. The van der Waals surface area contributed by atoms with Crippen LogP contribution in [0.5, 0.6) is 0 Å². The summed E-state index contributed by atoms with van der Waals surface area (Å²) in [5.41, 5.74) is 0.102. The molecule has 1 heterocycles. The van der Waals surface area contributed by atoms with Crippen molar-refractivity contribution < 1.29 is 8.78 Å². The molecule has 1 aliphatic rings. The summed E-state index contributed by atoms with van der Waals surface area (Å²) in [6.07, 6.45) is 0.541. The minimum absolute atomic E-state index is 0.102. The number of hydrogen-bond donors (Lipinski definition) is 1. The Morgan fingerprint density at radius 2 is 2.20 bits per heavy atom. The zero-order valence-corrected chi connectivity index (χ0v) is 9.73. The van der Waals surface area contributed by atoms with Gasteiger partial charge in [-0.2, -0.15) is 0 Å². The maximum atomic E-state index is 14.0. The monoisotopic (exact) mass is 275 g/mol. The minimum Gasteiger partial charge on any atom is -0.316 e. The molecule has 15 heavy (non-hydrogen) atoms. The van der Waals surface area contributed by atoms with Gasteiger partial charge in [-0.1, -0.05) is 28.1 Å². The molecule has 0 radical (unpaired) electrons. The van der Waals surface area contributed by atoms with Gasteiger partial charge < -0.3 is 5.32 Å². The van der Waals surface area contributed by atoms with Crippen LogP contribution in [0, 0.1) is 5.92 Å². The summed E-state index contributed by atoms with van der Waals surface area (Å²) in [7, 11) is 0. The first-order chi connectivity index (χ1) is 7.10. The lowest BCUT2D eigenvalue weighted by molar-refractivity contribution is -0.0576. The molecule has 0 aliphatic carbocycles. The van der Waals surface area contributed by atoms with Crippen LogP contribution in [0.1, 0.15) is 12.0 Å². The average Bonchev–Trinajstić information content (AvgIpc) is 2.71. The maximum Gasteiger partial charge on any atom is 0.277 e. The van der Waals surface area contributed by atoms with Gasteiger partial charge in [0, 0.05) is 22.5 Å². The molecule has 0 spiro atoms. The smallest absolute Gasteiger partial charge is 0.277 e. The van der Waals surface area contributed by atoms with Gasteiger partial charge in [0.1, 0.15) is 0 Å². The van der Waals surface area contributed by atoms with Crippen LogP contribution in [-0.4, -0.2) is 13.1 Å². The fourth-order valence-corrected chi connectivity index (χ4v) is 2.29. The largest absolute Gasteiger partial charge is 0.316 e. The molecular weight excluding hydrogens is 264 g/mol. The summed E-state index contributed by atoms with van der Waals surface area (Å²) in [4.78, 5) is 0. The van der Waals surface area contributed by atoms with E-state index in [1.165, 1.54) is 12.1 Å². The standard InChI is InChI=1S/C11H12BrF2N/c12-10-3-1-2-8(6-10)11(13,14)9-4-5-15-7-9/h1-3,6,9,15H,4-5,7H2. The molecule has 0 amide bonds. The molecular formula is C11H12BrF2N. The topological polar surface area (TPSA) is 12.0 Å². The Bertz CT molecular complexity index is 348. The lowest BCUT2D eigenvalue weighted by Gasteiger charge is -2.23. The van der Waals surface area contributed by atoms with E-state index in [2.05, 4.69) is 21.2 Å². The van der Waals surface area contributed by atoms with E-state index in [9.17, 15) is 8.78 Å². The second-order valence-electron chi connectivity index (χ2n) is 3.82. The second kappa shape index (κ2) is 4.18. The quantitative estimate of drug-likeness (QED) is 0.875. The lowest BCUT2D eigenvalue weighted by Crippen LogP contribution is -2.27. The number of rotatable bonds is 2. The lowest BCUT2D eigenvalue weighted by atomic mass is 9.94. The third kappa shape index (κ3) is 2.21. The number of nitrogens with one attached hydrogen (secondary N) is 1. The molecule has 0 bridgehead atoms. The first-order valence-corrected chi connectivity index (χ1v) is 5.74. The Labute approximate surface area is 96.0 Å². The van der Waals surface area contributed by atoms with Gasteiger partial charge in [0.15, 0.2) is 0 Å². The van der Waals surface area contributed by atoms with Crippen LogP contribution < -0.4 is 5.32 Å². The van der Waals surface area contributed by atoms with Gasteiger partial charge in [-0.05, 0) is 25.1 Å². The predicted octanol–water partition coefficient (Wildman–Crippen LogP) is 3.15. The summed E-state index contributed by atoms with van der Waals surface area (Å²) in [6, 6.07) is 6.39. The van der Waals surface area contributed by atoms with Crippen molar-refractivity contribution in [2.24, 2.45) is 5.92 Å². The second-order valence-corrected chi connectivity index (χ2v) is 4.74. The van der Waals surface area contributed by atoms with Crippen LogP contribution >= 0.6 is 15.9 Å². The highest BCUT2D eigenvalue weighted by atomic mass is 79.9. The van der Waals surface area contributed by atoms with Gasteiger partial charge in [0.25, 0.3) is 5.92 Å². The van der Waals surface area contributed by atoms with Crippen LogP contribution in [-0.2, 0) is 5.92 Å². The Kier molecular flexibility index (Phi) is 3.07. The van der Waals surface area contributed by atoms with Crippen molar-refractivity contribution in [1.82, 2.24) is 5.32 Å². The highest BCUT2D eigenvalue weighted by Crippen LogP contribution is 2.39. The fraction of sp³-hybridized carbons (Fsp3) is 0.455. The fourth-order valence-electron chi connectivity index (χ4n) is 1.90. The van der Waals surface area contributed by atoms with E-state index in [1.54, 1.807) is 12.1 Å². The molecule has 0 aromatic heterocycles. The third-order valence-electron chi connectivity index (χ3n) is 2.78. The van der Waals surface area contributed by atoms with Crippen LogP contribution in [0.2, 0.25) is 0 Å². The van der Waals surface area contributed by atoms with Crippen molar-refractivity contribution in [3.63, 3.8) is 0 Å². The predicted molar refractivity (Wildman–Crippen MR) is 59.0 cm³/mol. The van der Waals surface area contributed by atoms with Crippen molar-refractivity contribution in [2.75, 3.05) is 13.1 Å². The minimum atomic E-state index is -2.73. The number of benzene rings is 1. The molecule has 1 aliphatic heterocycles. The molecule has 1 unspecified atom stereocenters. The Morgan fingerprint density at radius 3 is 2.80 bits per heavy atom. The number of halogens is 3. The van der Waals surface area contributed by atoms with Gasteiger partial charge >= 0.3 is 0 Å². The van der Waals surface area contributed by atoms with E-state index in [4.69, 9.17) is 0 Å². The molecule has 1 fully saturated rings. The van der Waals surface area contributed by atoms with Crippen molar-refractivity contribution >= 4 is 15.9 Å². The van der Waals surface area contributed by atoms with E-state index >= 15 is 0 Å². The van der Waals surface area contributed by atoms with Crippen molar-refractivity contribution in [3.8, 4) is 0 Å². The highest BCUT2D eigenvalue weighted by molar-refractivity contribution is 9.10. The summed E-state index contributed by atoms with van der Waals surface area (Å²) in [6.45, 7) is 1.09. The van der Waals surface area contributed by atoms with Crippen LogP contribution in [0.4, 0.5) is 8.78 Å². The van der Waals surface area contributed by atoms with Crippen molar-refractivity contribution in [2.45, 2.75) is 12.3 Å². The summed E-state index contributed by atoms with van der Waals surface area (Å²) in [5.74, 6) is -3.31. The SMILES string of the molecule is FC(F)(c1cccc(Br)c1)C1CCNC1. The number of hydrogen-bond acceptors (Lipinski definition) is 1. The van der Waals surface area contributed by atoms with Gasteiger partial charge in [0.05, 0.1) is 0 Å². The highest BCUT2D eigenvalue weighted by Gasteiger charge is 2.42.